The number of esters is 1. The highest BCUT2D eigenvalue weighted by Gasteiger charge is 2.14. The smallest absolute Gasteiger partial charge is 0.322 e. The lowest BCUT2D eigenvalue weighted by atomic mass is 10.1. The highest BCUT2D eigenvalue weighted by atomic mass is 16.5. The minimum Gasteiger partial charge on any atom is -0.491 e. The number of nitrogens with two attached hydrogens (primary N) is 1. The maximum absolute atomic E-state index is 11.2. The van der Waals surface area contributed by atoms with Crippen molar-refractivity contribution in [3.63, 3.8) is 0 Å². The summed E-state index contributed by atoms with van der Waals surface area (Å²) >= 11 is 0. The van der Waals surface area contributed by atoms with Crippen molar-refractivity contribution in [1.82, 2.24) is 0 Å². The molecule has 0 amide bonds. The lowest BCUT2D eigenvalue weighted by Crippen LogP contribution is -2.33. The van der Waals surface area contributed by atoms with E-state index in [-0.39, 0.29) is 13.2 Å². The number of rotatable bonds is 7. The molecule has 2 atom stereocenters. The molecule has 1 aromatic rings. The molecule has 0 radical (unpaired) electrons. The van der Waals surface area contributed by atoms with Crippen molar-refractivity contribution in [3.8, 4) is 5.75 Å². The summed E-state index contributed by atoms with van der Waals surface area (Å²) in [5.41, 5.74) is 6.53. The fourth-order valence-electron chi connectivity index (χ4n) is 1.46. The van der Waals surface area contributed by atoms with Crippen LogP contribution in [0.5, 0.6) is 5.75 Å². The zero-order valence-corrected chi connectivity index (χ0v) is 10.8. The summed E-state index contributed by atoms with van der Waals surface area (Å²) in [6.45, 7) is -0.316. The van der Waals surface area contributed by atoms with Gasteiger partial charge in [0.25, 0.3) is 0 Å². The lowest BCUT2D eigenvalue weighted by Gasteiger charge is -2.11. The van der Waals surface area contributed by atoms with Gasteiger partial charge in [0.15, 0.2) is 0 Å². The molecule has 0 aromatic heterocycles. The second-order valence-corrected chi connectivity index (χ2v) is 4.13. The van der Waals surface area contributed by atoms with E-state index in [0.717, 1.165) is 5.56 Å². The first-order valence-corrected chi connectivity index (χ1v) is 5.91. The number of benzene rings is 1. The summed E-state index contributed by atoms with van der Waals surface area (Å²) < 4.78 is 9.80. The SMILES string of the molecule is COC(=O)C(N)Cc1ccc(OCC(O)CO)cc1. The Morgan fingerprint density at radius 1 is 1.37 bits per heavy atom. The minimum atomic E-state index is -0.896. The Hall–Kier alpha value is -1.63. The van der Waals surface area contributed by atoms with Crippen molar-refractivity contribution >= 4 is 5.97 Å². The Kier molecular flexibility index (Phi) is 6.27. The Morgan fingerprint density at radius 2 is 2.00 bits per heavy atom. The third-order valence-corrected chi connectivity index (χ3v) is 2.54. The van der Waals surface area contributed by atoms with E-state index in [0.29, 0.717) is 12.2 Å². The second kappa shape index (κ2) is 7.73. The van der Waals surface area contributed by atoms with Gasteiger partial charge in [-0.25, -0.2) is 0 Å². The first-order valence-electron chi connectivity index (χ1n) is 5.91. The van der Waals surface area contributed by atoms with Crippen LogP contribution in [0.4, 0.5) is 0 Å². The number of aliphatic hydroxyl groups is 2. The van der Waals surface area contributed by atoms with Gasteiger partial charge in [0.05, 0.1) is 13.7 Å². The molecule has 19 heavy (non-hydrogen) atoms. The second-order valence-electron chi connectivity index (χ2n) is 4.13. The summed E-state index contributed by atoms with van der Waals surface area (Å²) in [6, 6.07) is 6.30. The van der Waals surface area contributed by atoms with Gasteiger partial charge in [0.2, 0.25) is 0 Å². The molecule has 0 saturated heterocycles. The van der Waals surface area contributed by atoms with Gasteiger partial charge in [0.1, 0.15) is 24.5 Å². The molecule has 1 rings (SSSR count). The Balaban J connectivity index is 2.49. The fourth-order valence-corrected chi connectivity index (χ4v) is 1.46. The van der Waals surface area contributed by atoms with E-state index < -0.39 is 18.1 Å². The van der Waals surface area contributed by atoms with Gasteiger partial charge >= 0.3 is 5.97 Å². The van der Waals surface area contributed by atoms with Crippen LogP contribution in [-0.2, 0) is 16.0 Å². The predicted octanol–water partition coefficient (Wildman–Crippen LogP) is -0.539. The van der Waals surface area contributed by atoms with Crippen LogP contribution in [0.1, 0.15) is 5.56 Å². The van der Waals surface area contributed by atoms with Gasteiger partial charge in [0, 0.05) is 0 Å². The van der Waals surface area contributed by atoms with E-state index in [1.54, 1.807) is 24.3 Å². The molecule has 0 heterocycles. The predicted molar refractivity (Wildman–Crippen MR) is 68.7 cm³/mol. The molecular weight excluding hydrogens is 250 g/mol. The number of methoxy groups -OCH3 is 1. The average molecular weight is 269 g/mol. The average Bonchev–Trinajstić information content (AvgIpc) is 2.45. The maximum Gasteiger partial charge on any atom is 0.322 e. The Morgan fingerprint density at radius 3 is 2.53 bits per heavy atom. The van der Waals surface area contributed by atoms with Gasteiger partial charge in [-0.05, 0) is 24.1 Å². The van der Waals surface area contributed by atoms with E-state index in [1.165, 1.54) is 7.11 Å². The van der Waals surface area contributed by atoms with Crippen molar-refractivity contribution in [2.75, 3.05) is 20.3 Å². The van der Waals surface area contributed by atoms with E-state index in [2.05, 4.69) is 4.74 Å². The first-order chi connectivity index (χ1) is 9.06. The summed E-state index contributed by atoms with van der Waals surface area (Å²) in [7, 11) is 1.30. The van der Waals surface area contributed by atoms with Gasteiger partial charge in [-0.2, -0.15) is 0 Å². The monoisotopic (exact) mass is 269 g/mol. The molecule has 0 bridgehead atoms. The Bertz CT molecular complexity index is 393. The summed E-state index contributed by atoms with van der Waals surface area (Å²) in [4.78, 5) is 11.2. The molecule has 0 fully saturated rings. The van der Waals surface area contributed by atoms with Crippen LogP contribution in [0.15, 0.2) is 24.3 Å². The number of carbonyl (C=O) groups excluding carboxylic acids is 1. The van der Waals surface area contributed by atoms with Gasteiger partial charge in [-0.3, -0.25) is 4.79 Å². The molecule has 0 spiro atoms. The molecule has 1 aromatic carbocycles. The molecule has 0 aliphatic heterocycles. The van der Waals surface area contributed by atoms with E-state index in [1.807, 2.05) is 0 Å². The molecule has 6 heteroatoms. The summed E-state index contributed by atoms with van der Waals surface area (Å²) in [5.74, 6) is 0.120. The van der Waals surface area contributed by atoms with Crippen molar-refractivity contribution in [2.45, 2.75) is 18.6 Å². The highest BCUT2D eigenvalue weighted by Crippen LogP contribution is 2.13. The number of hydrogen-bond donors (Lipinski definition) is 3. The summed E-state index contributed by atoms with van der Waals surface area (Å²) in [6.07, 6.45) is -0.515. The molecule has 4 N–H and O–H groups in total. The van der Waals surface area contributed by atoms with E-state index in [4.69, 9.17) is 20.7 Å². The number of hydrogen-bond acceptors (Lipinski definition) is 6. The van der Waals surface area contributed by atoms with Gasteiger partial charge in [-0.1, -0.05) is 12.1 Å². The third kappa shape index (κ3) is 5.25. The van der Waals surface area contributed by atoms with Crippen LogP contribution in [0, 0.1) is 0 Å². The lowest BCUT2D eigenvalue weighted by molar-refractivity contribution is -0.142. The van der Waals surface area contributed by atoms with Crippen LogP contribution in [-0.4, -0.2) is 48.7 Å². The van der Waals surface area contributed by atoms with Crippen LogP contribution >= 0.6 is 0 Å². The minimum absolute atomic E-state index is 0.0253. The van der Waals surface area contributed by atoms with Crippen molar-refractivity contribution in [2.24, 2.45) is 5.73 Å². The largest absolute Gasteiger partial charge is 0.491 e. The number of aliphatic hydroxyl groups excluding tert-OH is 2. The molecule has 106 valence electrons. The molecule has 2 unspecified atom stereocenters. The zero-order valence-electron chi connectivity index (χ0n) is 10.8. The molecule has 6 nitrogen and oxygen atoms in total. The van der Waals surface area contributed by atoms with Gasteiger partial charge in [-0.15, -0.1) is 0 Å². The van der Waals surface area contributed by atoms with Crippen LogP contribution in [0.25, 0.3) is 0 Å². The highest BCUT2D eigenvalue weighted by molar-refractivity contribution is 5.75. The number of carbonyl (C=O) groups is 1. The quantitative estimate of drug-likeness (QED) is 0.575. The standard InChI is InChI=1S/C13H19NO5/c1-18-13(17)12(14)6-9-2-4-11(5-3-9)19-8-10(16)7-15/h2-5,10,12,15-16H,6-8,14H2,1H3. The molecule has 0 saturated carbocycles. The van der Waals surface area contributed by atoms with Crippen LogP contribution in [0.2, 0.25) is 0 Å². The van der Waals surface area contributed by atoms with Crippen LogP contribution in [0.3, 0.4) is 0 Å². The van der Waals surface area contributed by atoms with E-state index in [9.17, 15) is 4.79 Å². The fraction of sp³-hybridized carbons (Fsp3) is 0.462. The maximum atomic E-state index is 11.2. The van der Waals surface area contributed by atoms with Crippen molar-refractivity contribution < 1.29 is 24.5 Å². The molecular formula is C13H19NO5. The zero-order chi connectivity index (χ0) is 14.3. The Labute approximate surface area is 111 Å². The van der Waals surface area contributed by atoms with Crippen molar-refractivity contribution in [3.05, 3.63) is 29.8 Å². The topological polar surface area (TPSA) is 102 Å². The summed E-state index contributed by atoms with van der Waals surface area (Å²) in [5, 5.41) is 17.8. The molecule has 0 aliphatic rings. The third-order valence-electron chi connectivity index (χ3n) is 2.54. The normalized spacial score (nSPS) is 13.7. The van der Waals surface area contributed by atoms with E-state index >= 15 is 0 Å². The molecule has 0 aliphatic carbocycles. The first kappa shape index (κ1) is 15.4. The van der Waals surface area contributed by atoms with Crippen molar-refractivity contribution in [1.29, 1.82) is 0 Å². The van der Waals surface area contributed by atoms with Gasteiger partial charge < -0.3 is 25.4 Å². The van der Waals surface area contributed by atoms with Crippen LogP contribution < -0.4 is 10.5 Å². The number of ether oxygens (including phenoxy) is 2.